The first-order chi connectivity index (χ1) is 17.3. The summed E-state index contributed by atoms with van der Waals surface area (Å²) in [5, 5.41) is 3.78. The highest BCUT2D eigenvalue weighted by Crippen LogP contribution is 2.50. The number of anilines is 1. The Morgan fingerprint density at radius 3 is 2.60 bits per heavy atom. The second-order valence-electron chi connectivity index (χ2n) is 9.53. The molecule has 5 nitrogen and oxygen atoms in total. The molecule has 1 N–H and O–H groups in total. The van der Waals surface area contributed by atoms with Crippen molar-refractivity contribution in [3.8, 4) is 5.75 Å². The number of nitrogens with zero attached hydrogens (tertiary/aromatic N) is 1. The van der Waals surface area contributed by atoms with E-state index in [4.69, 9.17) is 9.47 Å². The van der Waals surface area contributed by atoms with Crippen molar-refractivity contribution >= 4 is 11.6 Å². The Bertz CT molecular complexity index is 1220. The van der Waals surface area contributed by atoms with Gasteiger partial charge >= 0.3 is 0 Å². The lowest BCUT2D eigenvalue weighted by Crippen LogP contribution is -2.40. The third-order valence-corrected chi connectivity index (χ3v) is 7.40. The normalized spacial score (nSPS) is 22.7. The molecule has 35 heavy (non-hydrogen) atoms. The molecule has 6 rings (SSSR count). The lowest BCUT2D eigenvalue weighted by atomic mass is 9.76. The standard InChI is InChI=1S/C30H30N2O3/c33-30(32-15-17-34-18-16-32)23-11-14-28-27(19-23)25-7-4-8-26(25)29(31-28)22-9-12-24(13-10-22)35-20-21-5-2-1-3-6-21/h1-7,9-14,19,25-26,29,31H,8,15-18,20H2. The zero-order chi connectivity index (χ0) is 23.6. The van der Waals surface area contributed by atoms with Crippen LogP contribution in [0.4, 0.5) is 5.69 Å². The number of benzene rings is 3. The molecule has 3 aromatic rings. The SMILES string of the molecule is O=C(c1ccc2c(c1)C1C=CCC1C(c1ccc(OCc3ccccc3)cc1)N2)N1CCOCC1. The number of morpholine rings is 1. The van der Waals surface area contributed by atoms with Gasteiger partial charge in [-0.1, -0.05) is 54.6 Å². The van der Waals surface area contributed by atoms with Crippen LogP contribution in [0, 0.1) is 5.92 Å². The highest BCUT2D eigenvalue weighted by molar-refractivity contribution is 5.95. The molecule has 1 aliphatic carbocycles. The van der Waals surface area contributed by atoms with Crippen molar-refractivity contribution in [2.75, 3.05) is 31.6 Å². The van der Waals surface area contributed by atoms with E-state index in [1.54, 1.807) is 0 Å². The number of allylic oxidation sites excluding steroid dienone is 2. The largest absolute Gasteiger partial charge is 0.489 e. The number of hydrogen-bond donors (Lipinski definition) is 1. The van der Waals surface area contributed by atoms with E-state index in [2.05, 4.69) is 66.0 Å². The van der Waals surface area contributed by atoms with Crippen molar-refractivity contribution < 1.29 is 14.3 Å². The van der Waals surface area contributed by atoms with E-state index >= 15 is 0 Å². The van der Waals surface area contributed by atoms with E-state index in [1.807, 2.05) is 29.2 Å². The first kappa shape index (κ1) is 21.9. The molecule has 0 bridgehead atoms. The average Bonchev–Trinajstić information content (AvgIpc) is 3.43. The molecule has 0 saturated carbocycles. The Kier molecular flexibility index (Phi) is 6.01. The zero-order valence-electron chi connectivity index (χ0n) is 19.7. The fraction of sp³-hybridized carbons (Fsp3) is 0.300. The molecular formula is C30H30N2O3. The van der Waals surface area contributed by atoms with Gasteiger partial charge in [0, 0.05) is 30.3 Å². The lowest BCUT2D eigenvalue weighted by molar-refractivity contribution is 0.0303. The Labute approximate surface area is 206 Å². The molecule has 3 aromatic carbocycles. The van der Waals surface area contributed by atoms with Crippen LogP contribution in [0.25, 0.3) is 0 Å². The van der Waals surface area contributed by atoms with Crippen molar-refractivity contribution in [1.82, 2.24) is 4.90 Å². The molecule has 0 aromatic heterocycles. The van der Waals surface area contributed by atoms with E-state index in [-0.39, 0.29) is 11.9 Å². The van der Waals surface area contributed by atoms with Crippen molar-refractivity contribution in [1.29, 1.82) is 0 Å². The second-order valence-corrected chi connectivity index (χ2v) is 9.53. The number of ether oxygens (including phenoxy) is 2. The monoisotopic (exact) mass is 466 g/mol. The summed E-state index contributed by atoms with van der Waals surface area (Å²) in [5.74, 6) is 1.71. The number of carbonyl (C=O) groups is 1. The van der Waals surface area contributed by atoms with Gasteiger partial charge in [0.2, 0.25) is 0 Å². The molecule has 0 radical (unpaired) electrons. The summed E-state index contributed by atoms with van der Waals surface area (Å²) in [7, 11) is 0. The van der Waals surface area contributed by atoms with E-state index in [1.165, 1.54) is 11.1 Å². The minimum atomic E-state index is 0.0999. The number of carbonyl (C=O) groups excluding carboxylic acids is 1. The van der Waals surface area contributed by atoms with Gasteiger partial charge < -0.3 is 19.7 Å². The van der Waals surface area contributed by atoms with E-state index in [0.717, 1.165) is 29.0 Å². The van der Waals surface area contributed by atoms with E-state index in [0.29, 0.717) is 44.7 Å². The Balaban J connectivity index is 1.20. The molecule has 1 amide bonds. The summed E-state index contributed by atoms with van der Waals surface area (Å²) in [4.78, 5) is 15.0. The van der Waals surface area contributed by atoms with Crippen LogP contribution in [0.1, 0.15) is 45.4 Å². The maximum Gasteiger partial charge on any atom is 0.254 e. The van der Waals surface area contributed by atoms with Crippen LogP contribution in [0.5, 0.6) is 5.75 Å². The number of nitrogens with one attached hydrogen (secondary N) is 1. The summed E-state index contributed by atoms with van der Waals surface area (Å²) in [5.41, 5.74) is 5.53. The first-order valence-corrected chi connectivity index (χ1v) is 12.5. The summed E-state index contributed by atoms with van der Waals surface area (Å²) in [6.07, 6.45) is 5.63. The summed E-state index contributed by atoms with van der Waals surface area (Å²) < 4.78 is 11.4. The smallest absolute Gasteiger partial charge is 0.254 e. The molecule has 3 aliphatic rings. The molecule has 2 aliphatic heterocycles. The number of rotatable bonds is 5. The Morgan fingerprint density at radius 1 is 1.00 bits per heavy atom. The maximum absolute atomic E-state index is 13.1. The van der Waals surface area contributed by atoms with E-state index < -0.39 is 0 Å². The second kappa shape index (κ2) is 9.59. The topological polar surface area (TPSA) is 50.8 Å². The van der Waals surface area contributed by atoms with Crippen molar-refractivity contribution in [2.45, 2.75) is 25.0 Å². The molecule has 5 heteroatoms. The molecule has 3 unspecified atom stereocenters. The van der Waals surface area contributed by atoms with Crippen LogP contribution in [0.15, 0.2) is 84.9 Å². The third kappa shape index (κ3) is 4.44. The van der Waals surface area contributed by atoms with E-state index in [9.17, 15) is 4.79 Å². The van der Waals surface area contributed by atoms with Gasteiger partial charge in [0.25, 0.3) is 5.91 Å². The Hall–Kier alpha value is -3.57. The minimum absolute atomic E-state index is 0.0999. The highest BCUT2D eigenvalue weighted by Gasteiger charge is 2.38. The number of fused-ring (bicyclic) bond motifs is 3. The number of hydrogen-bond acceptors (Lipinski definition) is 4. The van der Waals surface area contributed by atoms with Gasteiger partial charge in [-0.25, -0.2) is 0 Å². The quantitative estimate of drug-likeness (QED) is 0.500. The molecule has 1 fully saturated rings. The lowest BCUT2D eigenvalue weighted by Gasteiger charge is -2.38. The summed E-state index contributed by atoms with van der Waals surface area (Å²) >= 11 is 0. The molecule has 1 saturated heterocycles. The molecular weight excluding hydrogens is 436 g/mol. The van der Waals surface area contributed by atoms with Gasteiger partial charge in [0.15, 0.2) is 0 Å². The third-order valence-electron chi connectivity index (χ3n) is 7.40. The van der Waals surface area contributed by atoms with Gasteiger partial charge in [-0.15, -0.1) is 0 Å². The summed E-state index contributed by atoms with van der Waals surface area (Å²) in [6, 6.07) is 25.1. The van der Waals surface area contributed by atoms with Crippen molar-refractivity contribution in [2.24, 2.45) is 5.92 Å². The zero-order valence-corrected chi connectivity index (χ0v) is 19.7. The summed E-state index contributed by atoms with van der Waals surface area (Å²) in [6.45, 7) is 3.11. The van der Waals surface area contributed by atoms with Gasteiger partial charge in [-0.3, -0.25) is 4.79 Å². The predicted molar refractivity (Wildman–Crippen MR) is 137 cm³/mol. The molecule has 178 valence electrons. The van der Waals surface area contributed by atoms with Gasteiger partial charge in [0.05, 0.1) is 19.3 Å². The van der Waals surface area contributed by atoms with Crippen LogP contribution in [0.2, 0.25) is 0 Å². The molecule has 3 atom stereocenters. The van der Waals surface area contributed by atoms with Gasteiger partial charge in [0.1, 0.15) is 12.4 Å². The molecule has 2 heterocycles. The Morgan fingerprint density at radius 2 is 1.80 bits per heavy atom. The van der Waals surface area contributed by atoms with Crippen molar-refractivity contribution in [3.05, 3.63) is 107 Å². The van der Waals surface area contributed by atoms with Gasteiger partial charge in [-0.2, -0.15) is 0 Å². The van der Waals surface area contributed by atoms with Crippen LogP contribution < -0.4 is 10.1 Å². The average molecular weight is 467 g/mol. The first-order valence-electron chi connectivity index (χ1n) is 12.5. The van der Waals surface area contributed by atoms with Crippen LogP contribution in [-0.2, 0) is 11.3 Å². The highest BCUT2D eigenvalue weighted by atomic mass is 16.5. The fourth-order valence-corrected chi connectivity index (χ4v) is 5.52. The minimum Gasteiger partial charge on any atom is -0.489 e. The van der Waals surface area contributed by atoms with Gasteiger partial charge in [-0.05, 0) is 59.4 Å². The predicted octanol–water partition coefficient (Wildman–Crippen LogP) is 5.56. The van der Waals surface area contributed by atoms with Crippen molar-refractivity contribution in [3.63, 3.8) is 0 Å². The number of amides is 1. The molecule has 0 spiro atoms. The maximum atomic E-state index is 13.1. The fourth-order valence-electron chi connectivity index (χ4n) is 5.52. The van der Waals surface area contributed by atoms with Crippen LogP contribution in [0.3, 0.4) is 0 Å². The van der Waals surface area contributed by atoms with Crippen LogP contribution in [-0.4, -0.2) is 37.1 Å². The van der Waals surface area contributed by atoms with Crippen LogP contribution >= 0.6 is 0 Å².